The van der Waals surface area contributed by atoms with Crippen molar-refractivity contribution in [2.75, 3.05) is 6.79 Å². The van der Waals surface area contributed by atoms with Crippen molar-refractivity contribution in [3.05, 3.63) is 84.4 Å². The maximum absolute atomic E-state index is 12.6. The molecule has 0 spiro atoms. The van der Waals surface area contributed by atoms with Crippen LogP contribution in [-0.2, 0) is 17.6 Å². The van der Waals surface area contributed by atoms with E-state index in [1.807, 2.05) is 78.5 Å². The zero-order valence-corrected chi connectivity index (χ0v) is 18.4. The van der Waals surface area contributed by atoms with Crippen molar-refractivity contribution >= 4 is 5.91 Å². The molecule has 1 amide bonds. The summed E-state index contributed by atoms with van der Waals surface area (Å²) in [7, 11) is 0. The lowest BCUT2D eigenvalue weighted by molar-refractivity contribution is -0.121. The van der Waals surface area contributed by atoms with Crippen LogP contribution < -0.4 is 14.8 Å². The molecule has 2 aromatic heterocycles. The van der Waals surface area contributed by atoms with Gasteiger partial charge >= 0.3 is 0 Å². The second-order valence-electron chi connectivity index (χ2n) is 8.10. The van der Waals surface area contributed by atoms with Crippen LogP contribution in [0.5, 0.6) is 11.5 Å². The van der Waals surface area contributed by atoms with Gasteiger partial charge < -0.3 is 19.2 Å². The molecule has 2 aromatic carbocycles. The fourth-order valence-corrected chi connectivity index (χ4v) is 3.97. The first-order valence-corrected chi connectivity index (χ1v) is 11.0. The van der Waals surface area contributed by atoms with Crippen LogP contribution in [0, 0.1) is 0 Å². The Bertz CT molecular complexity index is 1230. The summed E-state index contributed by atoms with van der Waals surface area (Å²) in [6, 6.07) is 19.5. The number of benzene rings is 2. The van der Waals surface area contributed by atoms with Gasteiger partial charge in [0.2, 0.25) is 12.7 Å². The molecule has 1 atom stereocenters. The van der Waals surface area contributed by atoms with Gasteiger partial charge in [0.1, 0.15) is 5.76 Å². The Morgan fingerprint density at radius 1 is 1.09 bits per heavy atom. The number of fused-ring (bicyclic) bond motifs is 1. The van der Waals surface area contributed by atoms with E-state index in [1.165, 1.54) is 0 Å². The number of nitrogens with one attached hydrogen (secondary N) is 1. The van der Waals surface area contributed by atoms with E-state index in [0.717, 1.165) is 34.0 Å². The van der Waals surface area contributed by atoms with E-state index in [2.05, 4.69) is 5.32 Å². The van der Waals surface area contributed by atoms with E-state index in [4.69, 9.17) is 19.0 Å². The summed E-state index contributed by atoms with van der Waals surface area (Å²) in [5.74, 6) is 2.29. The van der Waals surface area contributed by atoms with Gasteiger partial charge in [0.15, 0.2) is 11.5 Å². The number of amides is 1. The van der Waals surface area contributed by atoms with E-state index in [1.54, 1.807) is 6.26 Å². The van der Waals surface area contributed by atoms with Crippen molar-refractivity contribution in [3.8, 4) is 28.4 Å². The predicted molar refractivity (Wildman–Crippen MR) is 123 cm³/mol. The average Bonchev–Trinajstić information content (AvgIpc) is 3.58. The number of aryl methyl sites for hydroxylation is 1. The monoisotopic (exact) mass is 443 g/mol. The number of hydrogen-bond acceptors (Lipinski definition) is 5. The molecule has 0 aliphatic carbocycles. The summed E-state index contributed by atoms with van der Waals surface area (Å²) in [4.78, 5) is 12.6. The van der Waals surface area contributed by atoms with Crippen LogP contribution in [-0.4, -0.2) is 28.5 Å². The number of aromatic nitrogens is 2. The summed E-state index contributed by atoms with van der Waals surface area (Å²) < 4.78 is 18.2. The molecule has 33 heavy (non-hydrogen) atoms. The Kier molecular flexibility index (Phi) is 5.85. The summed E-state index contributed by atoms with van der Waals surface area (Å²) >= 11 is 0. The fraction of sp³-hybridized carbons (Fsp3) is 0.231. The molecule has 0 saturated carbocycles. The normalized spacial score (nSPS) is 13.1. The Hall–Kier alpha value is -4.00. The van der Waals surface area contributed by atoms with Crippen LogP contribution in [0.1, 0.15) is 24.7 Å². The lowest BCUT2D eigenvalue weighted by Crippen LogP contribution is -2.34. The second-order valence-corrected chi connectivity index (χ2v) is 8.10. The van der Waals surface area contributed by atoms with Crippen molar-refractivity contribution in [2.24, 2.45) is 0 Å². The van der Waals surface area contributed by atoms with Crippen LogP contribution in [0.4, 0.5) is 0 Å². The van der Waals surface area contributed by atoms with Gasteiger partial charge in [-0.25, -0.2) is 4.68 Å². The lowest BCUT2D eigenvalue weighted by Gasteiger charge is -2.12. The molecule has 1 N–H and O–H groups in total. The largest absolute Gasteiger partial charge is 0.469 e. The third kappa shape index (κ3) is 4.77. The summed E-state index contributed by atoms with van der Waals surface area (Å²) in [6.07, 6.45) is 5.23. The van der Waals surface area contributed by atoms with Gasteiger partial charge in [0.05, 0.1) is 17.6 Å². The summed E-state index contributed by atoms with van der Waals surface area (Å²) in [6.45, 7) is 2.20. The molecule has 0 fully saturated rings. The van der Waals surface area contributed by atoms with E-state index >= 15 is 0 Å². The first-order chi connectivity index (χ1) is 16.2. The van der Waals surface area contributed by atoms with Gasteiger partial charge in [-0.2, -0.15) is 5.10 Å². The molecule has 7 nitrogen and oxygen atoms in total. The minimum atomic E-state index is -0.0102. The van der Waals surface area contributed by atoms with Crippen molar-refractivity contribution in [1.29, 1.82) is 0 Å². The van der Waals surface area contributed by atoms with Crippen LogP contribution in [0.25, 0.3) is 16.9 Å². The first kappa shape index (κ1) is 20.9. The molecule has 5 rings (SSSR count). The van der Waals surface area contributed by atoms with Crippen molar-refractivity contribution in [3.63, 3.8) is 0 Å². The fourth-order valence-electron chi connectivity index (χ4n) is 3.97. The highest BCUT2D eigenvalue weighted by Gasteiger charge is 2.19. The van der Waals surface area contributed by atoms with Crippen molar-refractivity contribution in [1.82, 2.24) is 15.1 Å². The maximum atomic E-state index is 12.6. The van der Waals surface area contributed by atoms with Crippen LogP contribution in [0.3, 0.4) is 0 Å². The van der Waals surface area contributed by atoms with E-state index in [9.17, 15) is 4.79 Å². The van der Waals surface area contributed by atoms with Gasteiger partial charge in [-0.3, -0.25) is 4.79 Å². The van der Waals surface area contributed by atoms with E-state index in [-0.39, 0.29) is 18.7 Å². The molecule has 3 heterocycles. The number of para-hydroxylation sites is 1. The van der Waals surface area contributed by atoms with Gasteiger partial charge in [0.25, 0.3) is 0 Å². The molecule has 0 bridgehead atoms. The molecule has 0 unspecified atom stereocenters. The Morgan fingerprint density at radius 2 is 1.94 bits per heavy atom. The number of nitrogens with zero attached hydrogens (tertiary/aromatic N) is 2. The quantitative estimate of drug-likeness (QED) is 0.433. The predicted octanol–water partition coefficient (Wildman–Crippen LogP) is 4.54. The van der Waals surface area contributed by atoms with Crippen LogP contribution in [0.15, 0.2) is 77.5 Å². The number of rotatable bonds is 8. The SMILES string of the molecule is C[C@H](Cc1ccco1)NC(=O)CCc1cn(-c2ccccc2)nc1-c1ccc2c(c1)OCO2. The zero-order chi connectivity index (χ0) is 22.6. The summed E-state index contributed by atoms with van der Waals surface area (Å²) in [5.41, 5.74) is 3.71. The molecule has 1 aliphatic rings. The Morgan fingerprint density at radius 3 is 2.76 bits per heavy atom. The van der Waals surface area contributed by atoms with Gasteiger partial charge in [-0.15, -0.1) is 0 Å². The number of hydrogen-bond donors (Lipinski definition) is 1. The van der Waals surface area contributed by atoms with Crippen molar-refractivity contribution < 1.29 is 18.7 Å². The smallest absolute Gasteiger partial charge is 0.231 e. The standard InChI is InChI=1S/C26H25N3O4/c1-18(14-22-8-5-13-31-22)27-25(30)12-10-20-16-29(21-6-3-2-4-7-21)28-26(20)19-9-11-23-24(15-19)33-17-32-23/h2-9,11,13,15-16,18H,10,12,14,17H2,1H3,(H,27,30)/t18-/m1/s1. The van der Waals surface area contributed by atoms with Crippen LogP contribution >= 0.6 is 0 Å². The molecule has 7 heteroatoms. The first-order valence-electron chi connectivity index (χ1n) is 11.0. The third-order valence-corrected chi connectivity index (χ3v) is 5.57. The second kappa shape index (κ2) is 9.24. The van der Waals surface area contributed by atoms with E-state index < -0.39 is 0 Å². The minimum Gasteiger partial charge on any atom is -0.469 e. The molecular formula is C26H25N3O4. The highest BCUT2D eigenvalue weighted by atomic mass is 16.7. The number of carbonyl (C=O) groups excluding carboxylic acids is 1. The number of ether oxygens (including phenoxy) is 2. The average molecular weight is 444 g/mol. The van der Waals surface area contributed by atoms with Crippen molar-refractivity contribution in [2.45, 2.75) is 32.2 Å². The topological polar surface area (TPSA) is 78.5 Å². The minimum absolute atomic E-state index is 0.00171. The van der Waals surface area contributed by atoms with Gasteiger partial charge in [-0.1, -0.05) is 18.2 Å². The maximum Gasteiger partial charge on any atom is 0.231 e. The zero-order valence-electron chi connectivity index (χ0n) is 18.4. The molecular weight excluding hydrogens is 418 g/mol. The van der Waals surface area contributed by atoms with Crippen LogP contribution in [0.2, 0.25) is 0 Å². The van der Waals surface area contributed by atoms with E-state index in [0.29, 0.717) is 25.0 Å². The summed E-state index contributed by atoms with van der Waals surface area (Å²) in [5, 5.41) is 7.90. The third-order valence-electron chi connectivity index (χ3n) is 5.57. The molecule has 0 saturated heterocycles. The highest BCUT2D eigenvalue weighted by molar-refractivity contribution is 5.77. The van der Waals surface area contributed by atoms with Gasteiger partial charge in [-0.05, 0) is 61.4 Å². The molecule has 4 aromatic rings. The number of furan rings is 1. The Balaban J connectivity index is 1.34. The molecule has 168 valence electrons. The Labute approximate surface area is 191 Å². The lowest BCUT2D eigenvalue weighted by atomic mass is 10.0. The van der Waals surface area contributed by atoms with Gasteiger partial charge in [0, 0.05) is 30.6 Å². The highest BCUT2D eigenvalue weighted by Crippen LogP contribution is 2.36. The number of carbonyl (C=O) groups is 1. The molecule has 0 radical (unpaired) electrons. The molecule has 1 aliphatic heterocycles.